The number of amides is 2. The number of benzene rings is 2. The maximum absolute atomic E-state index is 13.2. The van der Waals surface area contributed by atoms with E-state index in [1.807, 2.05) is 25.1 Å². The normalized spacial score (nSPS) is 14.8. The zero-order chi connectivity index (χ0) is 22.2. The Balaban J connectivity index is 1.77. The minimum atomic E-state index is -0.604. The molecular weight excluding hydrogens is 435 g/mol. The van der Waals surface area contributed by atoms with Gasteiger partial charge in [-0.3, -0.25) is 9.59 Å². The zero-order valence-electron chi connectivity index (χ0n) is 17.7. The molecule has 1 saturated carbocycles. The Morgan fingerprint density at radius 2 is 1.87 bits per heavy atom. The van der Waals surface area contributed by atoms with Crippen molar-refractivity contribution in [3.8, 4) is 5.75 Å². The first kappa shape index (κ1) is 23.4. The Kier molecular flexibility index (Phi) is 8.61. The lowest BCUT2D eigenvalue weighted by molar-refractivity contribution is -0.143. The molecule has 2 amide bonds. The van der Waals surface area contributed by atoms with Gasteiger partial charge in [-0.2, -0.15) is 0 Å². The predicted octanol–water partition coefficient (Wildman–Crippen LogP) is 5.24. The third kappa shape index (κ3) is 6.62. The van der Waals surface area contributed by atoms with Crippen molar-refractivity contribution in [3.05, 3.63) is 64.1 Å². The maximum Gasteiger partial charge on any atom is 0.261 e. The summed E-state index contributed by atoms with van der Waals surface area (Å²) < 4.78 is 5.67. The summed E-state index contributed by atoms with van der Waals surface area (Å²) in [7, 11) is 0. The molecule has 5 nitrogen and oxygen atoms in total. The number of nitrogens with zero attached hydrogens (tertiary/aromatic N) is 1. The van der Waals surface area contributed by atoms with Crippen molar-refractivity contribution < 1.29 is 14.3 Å². The van der Waals surface area contributed by atoms with E-state index in [1.54, 1.807) is 35.2 Å². The summed E-state index contributed by atoms with van der Waals surface area (Å²) in [5.74, 6) is 0.0906. The summed E-state index contributed by atoms with van der Waals surface area (Å²) >= 11 is 12.3. The molecule has 0 aromatic heterocycles. The Hall–Kier alpha value is -2.24. The molecule has 31 heavy (non-hydrogen) atoms. The number of halogens is 2. The van der Waals surface area contributed by atoms with Gasteiger partial charge in [-0.15, -0.1) is 0 Å². The van der Waals surface area contributed by atoms with E-state index >= 15 is 0 Å². The van der Waals surface area contributed by atoms with Crippen LogP contribution in [0.25, 0.3) is 0 Å². The Morgan fingerprint density at radius 1 is 1.13 bits per heavy atom. The summed E-state index contributed by atoms with van der Waals surface area (Å²) in [5, 5.41) is 4.21. The standard InChI is InChI=1S/C24H28Cl2N2O3/c1-2-22(24(30)27-19-10-4-5-11-19)28(15-17-8-3-6-13-21(17)26)23(29)16-31-20-12-7-9-18(25)14-20/h3,6-9,12-14,19,22H,2,4-5,10-11,15-16H2,1H3,(H,27,30). The van der Waals surface area contributed by atoms with Gasteiger partial charge in [0.05, 0.1) is 0 Å². The van der Waals surface area contributed by atoms with E-state index in [-0.39, 0.29) is 31.0 Å². The molecule has 0 bridgehead atoms. The second-order valence-electron chi connectivity index (χ2n) is 7.77. The van der Waals surface area contributed by atoms with E-state index in [4.69, 9.17) is 27.9 Å². The van der Waals surface area contributed by atoms with Gasteiger partial charge >= 0.3 is 0 Å². The van der Waals surface area contributed by atoms with Crippen molar-refractivity contribution in [1.29, 1.82) is 0 Å². The van der Waals surface area contributed by atoms with Gasteiger partial charge in [0.1, 0.15) is 11.8 Å². The van der Waals surface area contributed by atoms with Gasteiger partial charge in [-0.25, -0.2) is 0 Å². The molecule has 0 spiro atoms. The molecule has 2 aromatic rings. The summed E-state index contributed by atoms with van der Waals surface area (Å²) in [5.41, 5.74) is 0.785. The van der Waals surface area contributed by atoms with Gasteiger partial charge in [0.2, 0.25) is 5.91 Å². The molecule has 2 aromatic carbocycles. The lowest BCUT2D eigenvalue weighted by Crippen LogP contribution is -2.52. The third-order valence-electron chi connectivity index (χ3n) is 5.54. The largest absolute Gasteiger partial charge is 0.484 e. The van der Waals surface area contributed by atoms with E-state index in [2.05, 4.69) is 5.32 Å². The van der Waals surface area contributed by atoms with Crippen LogP contribution in [0.15, 0.2) is 48.5 Å². The van der Waals surface area contributed by atoms with Crippen LogP contribution in [0.5, 0.6) is 5.75 Å². The first-order chi connectivity index (χ1) is 15.0. The summed E-state index contributed by atoms with van der Waals surface area (Å²) in [6.45, 7) is 1.94. The Morgan fingerprint density at radius 3 is 2.55 bits per heavy atom. The van der Waals surface area contributed by atoms with Crippen molar-refractivity contribution in [2.24, 2.45) is 0 Å². The summed E-state index contributed by atoms with van der Waals surface area (Å²) in [6, 6.07) is 13.8. The second kappa shape index (κ2) is 11.4. The third-order valence-corrected chi connectivity index (χ3v) is 6.15. The number of ether oxygens (including phenoxy) is 1. The molecule has 0 aliphatic heterocycles. The molecule has 1 aliphatic rings. The monoisotopic (exact) mass is 462 g/mol. The molecule has 0 saturated heterocycles. The average molecular weight is 463 g/mol. The minimum Gasteiger partial charge on any atom is -0.484 e. The predicted molar refractivity (Wildman–Crippen MR) is 123 cm³/mol. The molecule has 1 fully saturated rings. The maximum atomic E-state index is 13.2. The van der Waals surface area contributed by atoms with Crippen LogP contribution in [0.1, 0.15) is 44.6 Å². The molecule has 3 rings (SSSR count). The van der Waals surface area contributed by atoms with Crippen LogP contribution >= 0.6 is 23.2 Å². The first-order valence-corrected chi connectivity index (χ1v) is 11.4. The number of nitrogens with one attached hydrogen (secondary N) is 1. The van der Waals surface area contributed by atoms with E-state index in [9.17, 15) is 9.59 Å². The first-order valence-electron chi connectivity index (χ1n) is 10.7. The topological polar surface area (TPSA) is 58.6 Å². The van der Waals surface area contributed by atoms with Crippen molar-refractivity contribution in [1.82, 2.24) is 10.2 Å². The van der Waals surface area contributed by atoms with E-state index in [0.717, 1.165) is 31.2 Å². The fourth-order valence-corrected chi connectivity index (χ4v) is 4.26. The Labute approximate surface area is 193 Å². The van der Waals surface area contributed by atoms with Crippen molar-refractivity contribution in [3.63, 3.8) is 0 Å². The smallest absolute Gasteiger partial charge is 0.261 e. The minimum absolute atomic E-state index is 0.127. The number of hydrogen-bond acceptors (Lipinski definition) is 3. The molecular formula is C24H28Cl2N2O3. The summed E-state index contributed by atoms with van der Waals surface area (Å²) in [6.07, 6.45) is 4.71. The van der Waals surface area contributed by atoms with Crippen LogP contribution in [0, 0.1) is 0 Å². The highest BCUT2D eigenvalue weighted by molar-refractivity contribution is 6.31. The molecule has 1 atom stereocenters. The van der Waals surface area contributed by atoms with Gasteiger partial charge in [-0.1, -0.05) is 67.2 Å². The van der Waals surface area contributed by atoms with Crippen LogP contribution < -0.4 is 10.1 Å². The molecule has 166 valence electrons. The highest BCUT2D eigenvalue weighted by atomic mass is 35.5. The number of hydrogen-bond donors (Lipinski definition) is 1. The van der Waals surface area contributed by atoms with Crippen LogP contribution in [-0.2, 0) is 16.1 Å². The molecule has 0 heterocycles. The van der Waals surface area contributed by atoms with Crippen LogP contribution in [-0.4, -0.2) is 35.4 Å². The van der Waals surface area contributed by atoms with Crippen molar-refractivity contribution in [2.45, 2.75) is 57.7 Å². The van der Waals surface area contributed by atoms with E-state index in [0.29, 0.717) is 22.2 Å². The quantitative estimate of drug-likeness (QED) is 0.554. The van der Waals surface area contributed by atoms with E-state index in [1.165, 1.54) is 0 Å². The highest BCUT2D eigenvalue weighted by Gasteiger charge is 2.31. The fourth-order valence-electron chi connectivity index (χ4n) is 3.88. The van der Waals surface area contributed by atoms with Crippen LogP contribution in [0.4, 0.5) is 0 Å². The lowest BCUT2D eigenvalue weighted by atomic mass is 10.1. The van der Waals surface area contributed by atoms with Crippen molar-refractivity contribution in [2.75, 3.05) is 6.61 Å². The van der Waals surface area contributed by atoms with Gasteiger partial charge in [-0.05, 0) is 49.1 Å². The fraction of sp³-hybridized carbons (Fsp3) is 0.417. The highest BCUT2D eigenvalue weighted by Crippen LogP contribution is 2.22. The number of rotatable bonds is 9. The van der Waals surface area contributed by atoms with Gasteiger partial charge in [0.25, 0.3) is 5.91 Å². The lowest BCUT2D eigenvalue weighted by Gasteiger charge is -2.31. The molecule has 1 unspecified atom stereocenters. The SMILES string of the molecule is CCC(C(=O)NC1CCCC1)N(Cc1ccccc1Cl)C(=O)COc1cccc(Cl)c1. The number of carbonyl (C=O) groups is 2. The van der Waals surface area contributed by atoms with E-state index < -0.39 is 6.04 Å². The summed E-state index contributed by atoms with van der Waals surface area (Å²) in [4.78, 5) is 27.8. The second-order valence-corrected chi connectivity index (χ2v) is 8.62. The number of carbonyl (C=O) groups excluding carboxylic acids is 2. The molecule has 0 radical (unpaired) electrons. The molecule has 1 aliphatic carbocycles. The Bertz CT molecular complexity index is 900. The molecule has 1 N–H and O–H groups in total. The van der Waals surface area contributed by atoms with Gasteiger partial charge < -0.3 is 15.0 Å². The average Bonchev–Trinajstić information content (AvgIpc) is 3.26. The van der Waals surface area contributed by atoms with Crippen LogP contribution in [0.3, 0.4) is 0 Å². The van der Waals surface area contributed by atoms with Gasteiger partial charge in [0.15, 0.2) is 6.61 Å². The zero-order valence-corrected chi connectivity index (χ0v) is 19.2. The molecule has 7 heteroatoms. The van der Waals surface area contributed by atoms with Crippen molar-refractivity contribution >= 4 is 35.0 Å². The van der Waals surface area contributed by atoms with Gasteiger partial charge in [0, 0.05) is 22.6 Å². The van der Waals surface area contributed by atoms with Crippen LogP contribution in [0.2, 0.25) is 10.0 Å².